The van der Waals surface area contributed by atoms with Gasteiger partial charge in [-0.2, -0.15) is 0 Å². The number of nitrogens with zero attached hydrogens (tertiary/aromatic N) is 2. The van der Waals surface area contributed by atoms with Crippen LogP contribution in [0.1, 0.15) is 33.9 Å². The fourth-order valence-corrected chi connectivity index (χ4v) is 4.61. The van der Waals surface area contributed by atoms with Gasteiger partial charge in [0.15, 0.2) is 5.11 Å². The van der Waals surface area contributed by atoms with Crippen molar-refractivity contribution in [1.29, 1.82) is 0 Å². The highest BCUT2D eigenvalue weighted by atomic mass is 32.1. The molecule has 0 bridgehead atoms. The van der Waals surface area contributed by atoms with E-state index >= 15 is 0 Å². The summed E-state index contributed by atoms with van der Waals surface area (Å²) in [6, 6.07) is 24.0. The average molecular weight is 486 g/mol. The van der Waals surface area contributed by atoms with Crippen LogP contribution in [0.15, 0.2) is 89.5 Å². The highest BCUT2D eigenvalue weighted by molar-refractivity contribution is 7.80. The molecule has 0 saturated carbocycles. The smallest absolute Gasteiger partial charge is 0.337 e. The lowest BCUT2D eigenvalue weighted by atomic mass is 10.0. The van der Waals surface area contributed by atoms with Crippen LogP contribution < -0.4 is 15.0 Å². The topological polar surface area (TPSA) is 76.8 Å². The number of anilines is 1. The van der Waals surface area contributed by atoms with E-state index in [1.54, 1.807) is 31.5 Å². The van der Waals surface area contributed by atoms with Crippen molar-refractivity contribution in [3.63, 3.8) is 0 Å². The number of ether oxygens (including phenoxy) is 2. The number of carbonyl (C=O) groups excluding carboxylic acids is 1. The summed E-state index contributed by atoms with van der Waals surface area (Å²) in [6.45, 7) is 0. The Morgan fingerprint density at radius 3 is 2.66 bits per heavy atom. The standard InChI is InChI=1S/C27H23N3O4S/c1-32-20-10-6-9-19(16-20)30-25(24(29-27(30)35)21-11-3-4-14-28-21)23-13-12-22(34-23)17-7-5-8-18(15-17)26(31)33-2/h3-16,24-25H,1-2H3,(H,29,35). The zero-order chi connectivity index (χ0) is 24.4. The number of hydrogen-bond donors (Lipinski definition) is 1. The molecule has 2 atom stereocenters. The van der Waals surface area contributed by atoms with Crippen LogP contribution in [0.5, 0.6) is 5.75 Å². The number of hydrogen-bond acceptors (Lipinski definition) is 6. The van der Waals surface area contributed by atoms with Crippen molar-refractivity contribution in [2.75, 3.05) is 19.1 Å². The molecule has 0 spiro atoms. The Hall–Kier alpha value is -4.17. The zero-order valence-electron chi connectivity index (χ0n) is 19.2. The number of carbonyl (C=O) groups is 1. The molecule has 3 heterocycles. The number of furan rings is 1. The van der Waals surface area contributed by atoms with Crippen molar-refractivity contribution in [3.8, 4) is 17.1 Å². The number of rotatable bonds is 6. The van der Waals surface area contributed by atoms with Crippen molar-refractivity contribution in [3.05, 3.63) is 102 Å². The van der Waals surface area contributed by atoms with Gasteiger partial charge in [-0.25, -0.2) is 4.79 Å². The SMILES string of the molecule is COC(=O)c1cccc(-c2ccc(C3C(c4ccccn4)NC(=S)N3c3cccc(OC)c3)o2)c1. The molecular weight excluding hydrogens is 462 g/mol. The molecular formula is C27H23N3O4S. The largest absolute Gasteiger partial charge is 0.497 e. The lowest BCUT2D eigenvalue weighted by Crippen LogP contribution is -2.29. The quantitative estimate of drug-likeness (QED) is 0.291. The molecule has 35 heavy (non-hydrogen) atoms. The summed E-state index contributed by atoms with van der Waals surface area (Å²) in [5.41, 5.74) is 2.94. The van der Waals surface area contributed by atoms with E-state index in [1.807, 2.05) is 65.6 Å². The summed E-state index contributed by atoms with van der Waals surface area (Å²) in [5.74, 6) is 1.66. The second-order valence-corrected chi connectivity index (χ2v) is 8.36. The first-order valence-corrected chi connectivity index (χ1v) is 11.4. The van der Waals surface area contributed by atoms with Crippen LogP contribution in [-0.2, 0) is 4.74 Å². The van der Waals surface area contributed by atoms with Gasteiger partial charge in [-0.3, -0.25) is 4.98 Å². The third kappa shape index (κ3) is 4.36. The van der Waals surface area contributed by atoms with Crippen LogP contribution >= 0.6 is 12.2 Å². The Balaban J connectivity index is 1.58. The van der Waals surface area contributed by atoms with Crippen molar-refractivity contribution >= 4 is 29.0 Å². The van der Waals surface area contributed by atoms with E-state index in [9.17, 15) is 4.79 Å². The number of nitrogens with one attached hydrogen (secondary N) is 1. The maximum atomic E-state index is 12.0. The highest BCUT2D eigenvalue weighted by Gasteiger charge is 2.42. The summed E-state index contributed by atoms with van der Waals surface area (Å²) in [6.07, 6.45) is 1.76. The molecule has 1 saturated heterocycles. The van der Waals surface area contributed by atoms with Crippen molar-refractivity contribution < 1.29 is 18.7 Å². The minimum Gasteiger partial charge on any atom is -0.497 e. The molecule has 1 fully saturated rings. The molecule has 0 radical (unpaired) electrons. The number of esters is 1. The molecule has 0 aliphatic carbocycles. The van der Waals surface area contributed by atoms with Crippen LogP contribution in [0.25, 0.3) is 11.3 Å². The number of methoxy groups -OCH3 is 2. The van der Waals surface area contributed by atoms with Gasteiger partial charge in [0.1, 0.15) is 23.3 Å². The molecule has 1 aliphatic heterocycles. The van der Waals surface area contributed by atoms with Crippen molar-refractivity contribution in [1.82, 2.24) is 10.3 Å². The number of aromatic nitrogens is 1. The molecule has 2 aromatic heterocycles. The molecule has 5 rings (SSSR count). The van der Waals surface area contributed by atoms with Gasteiger partial charge in [-0.15, -0.1) is 0 Å². The van der Waals surface area contributed by atoms with E-state index in [-0.39, 0.29) is 12.1 Å². The van der Waals surface area contributed by atoms with E-state index in [4.69, 9.17) is 26.1 Å². The Morgan fingerprint density at radius 1 is 1.03 bits per heavy atom. The molecule has 1 aliphatic rings. The third-order valence-corrected chi connectivity index (χ3v) is 6.23. The van der Waals surface area contributed by atoms with E-state index < -0.39 is 5.97 Å². The van der Waals surface area contributed by atoms with Gasteiger partial charge >= 0.3 is 5.97 Å². The van der Waals surface area contributed by atoms with Crippen LogP contribution in [0.3, 0.4) is 0 Å². The first kappa shape index (κ1) is 22.6. The maximum Gasteiger partial charge on any atom is 0.337 e. The van der Waals surface area contributed by atoms with Gasteiger partial charge in [-0.05, 0) is 60.7 Å². The lowest BCUT2D eigenvalue weighted by Gasteiger charge is -2.26. The van der Waals surface area contributed by atoms with E-state index in [1.165, 1.54) is 7.11 Å². The molecule has 176 valence electrons. The predicted octanol–water partition coefficient (Wildman–Crippen LogP) is 5.31. The minimum absolute atomic E-state index is 0.240. The second kappa shape index (κ2) is 9.60. The van der Waals surface area contributed by atoms with E-state index in [2.05, 4.69) is 10.3 Å². The Morgan fingerprint density at radius 2 is 1.89 bits per heavy atom. The van der Waals surface area contributed by atoms with E-state index in [0.29, 0.717) is 22.2 Å². The van der Waals surface area contributed by atoms with Crippen LogP contribution in [0.4, 0.5) is 5.69 Å². The second-order valence-electron chi connectivity index (χ2n) is 7.97. The Kier molecular flexibility index (Phi) is 6.20. The van der Waals surface area contributed by atoms with Crippen molar-refractivity contribution in [2.24, 2.45) is 0 Å². The maximum absolute atomic E-state index is 12.0. The fraction of sp³-hybridized carbons (Fsp3) is 0.148. The molecule has 7 nitrogen and oxygen atoms in total. The molecule has 0 amide bonds. The minimum atomic E-state index is -0.400. The Bertz CT molecular complexity index is 1370. The van der Waals surface area contributed by atoms with E-state index in [0.717, 1.165) is 22.7 Å². The van der Waals surface area contributed by atoms with Gasteiger partial charge in [-0.1, -0.05) is 24.3 Å². The summed E-state index contributed by atoms with van der Waals surface area (Å²) in [7, 11) is 3.00. The summed E-state index contributed by atoms with van der Waals surface area (Å²) in [4.78, 5) is 18.6. The first-order chi connectivity index (χ1) is 17.1. The summed E-state index contributed by atoms with van der Waals surface area (Å²) in [5, 5.41) is 3.98. The highest BCUT2D eigenvalue weighted by Crippen LogP contribution is 2.43. The number of benzene rings is 2. The molecule has 2 unspecified atom stereocenters. The Labute approximate surface area is 208 Å². The molecule has 8 heteroatoms. The van der Waals surface area contributed by atoms with Crippen molar-refractivity contribution in [2.45, 2.75) is 12.1 Å². The molecule has 2 aromatic carbocycles. The molecule has 1 N–H and O–H groups in total. The van der Waals surface area contributed by atoms with Gasteiger partial charge in [0, 0.05) is 23.5 Å². The summed E-state index contributed by atoms with van der Waals surface area (Å²) >= 11 is 5.77. The summed E-state index contributed by atoms with van der Waals surface area (Å²) < 4.78 is 16.7. The number of thiocarbonyl (C=S) groups is 1. The van der Waals surface area contributed by atoms with Gasteiger partial charge in [0.25, 0.3) is 0 Å². The zero-order valence-corrected chi connectivity index (χ0v) is 20.0. The normalized spacial score (nSPS) is 17.2. The lowest BCUT2D eigenvalue weighted by molar-refractivity contribution is 0.0601. The van der Waals surface area contributed by atoms with Gasteiger partial charge in [0.2, 0.25) is 0 Å². The predicted molar refractivity (Wildman–Crippen MR) is 136 cm³/mol. The monoisotopic (exact) mass is 485 g/mol. The average Bonchev–Trinajstić information content (AvgIpc) is 3.53. The first-order valence-electron chi connectivity index (χ1n) is 11.0. The third-order valence-electron chi connectivity index (χ3n) is 5.92. The van der Waals surface area contributed by atoms with Crippen LogP contribution in [0.2, 0.25) is 0 Å². The van der Waals surface area contributed by atoms with Crippen LogP contribution in [-0.4, -0.2) is 30.3 Å². The molecule has 4 aromatic rings. The number of pyridine rings is 1. The van der Waals surface area contributed by atoms with Gasteiger partial charge in [0.05, 0.1) is 31.5 Å². The fourth-order valence-electron chi connectivity index (χ4n) is 4.27. The van der Waals surface area contributed by atoms with Crippen LogP contribution in [0, 0.1) is 0 Å². The van der Waals surface area contributed by atoms with Gasteiger partial charge < -0.3 is 24.1 Å².